The first-order valence-electron chi connectivity index (χ1n) is 8.66. The molecule has 1 amide bonds. The number of hydrogen-bond donors (Lipinski definition) is 0. The Morgan fingerprint density at radius 2 is 2.11 bits per heavy atom. The molecule has 7 nitrogen and oxygen atoms in total. The first-order chi connectivity index (χ1) is 13.3. The Bertz CT molecular complexity index is 1170. The molecule has 0 aliphatic rings. The van der Waals surface area contributed by atoms with Crippen molar-refractivity contribution in [1.82, 2.24) is 14.3 Å². The zero-order valence-corrected chi connectivity index (χ0v) is 16.9. The number of carbonyl (C=O) groups is 2. The summed E-state index contributed by atoms with van der Waals surface area (Å²) < 4.78 is 9.10. The van der Waals surface area contributed by atoms with Gasteiger partial charge >= 0.3 is 5.97 Å². The highest BCUT2D eigenvalue weighted by molar-refractivity contribution is 7.16. The number of methoxy groups -OCH3 is 1. The highest BCUT2D eigenvalue weighted by Crippen LogP contribution is 2.20. The van der Waals surface area contributed by atoms with Gasteiger partial charge in [0.2, 0.25) is 0 Å². The lowest BCUT2D eigenvalue weighted by molar-refractivity contribution is 0.0601. The number of benzene rings is 1. The second-order valence-corrected chi connectivity index (χ2v) is 7.48. The SMILES string of the molecule is C#CCn1c(=NC(=O)c2cc(C)n(C(C)C)n2)sc2cc(C(=O)OC)ccc21. The molecule has 0 spiro atoms. The molecule has 0 aliphatic carbocycles. The van der Waals surface area contributed by atoms with E-state index in [1.807, 2.05) is 20.8 Å². The summed E-state index contributed by atoms with van der Waals surface area (Å²) in [7, 11) is 1.33. The Hall–Kier alpha value is -3.18. The number of terminal acetylenes is 1. The summed E-state index contributed by atoms with van der Waals surface area (Å²) in [6.07, 6.45) is 5.50. The van der Waals surface area contributed by atoms with Gasteiger partial charge in [0.15, 0.2) is 10.5 Å². The molecule has 3 aromatic rings. The molecule has 3 rings (SSSR count). The van der Waals surface area contributed by atoms with E-state index in [-0.39, 0.29) is 18.3 Å². The average Bonchev–Trinajstić information content (AvgIpc) is 3.22. The maximum Gasteiger partial charge on any atom is 0.337 e. The molecular weight excluding hydrogens is 376 g/mol. The first-order valence-corrected chi connectivity index (χ1v) is 9.47. The van der Waals surface area contributed by atoms with Gasteiger partial charge in [-0.3, -0.25) is 9.48 Å². The van der Waals surface area contributed by atoms with Gasteiger partial charge in [-0.25, -0.2) is 4.79 Å². The molecule has 0 atom stereocenters. The van der Waals surface area contributed by atoms with Gasteiger partial charge in [0.1, 0.15) is 0 Å². The van der Waals surface area contributed by atoms with E-state index >= 15 is 0 Å². The van der Waals surface area contributed by atoms with Crippen LogP contribution in [0.15, 0.2) is 29.3 Å². The summed E-state index contributed by atoms with van der Waals surface area (Å²) >= 11 is 1.28. The quantitative estimate of drug-likeness (QED) is 0.502. The third-order valence-electron chi connectivity index (χ3n) is 4.18. The number of amides is 1. The molecule has 0 unspecified atom stereocenters. The number of esters is 1. The molecule has 1 aromatic carbocycles. The molecule has 0 saturated heterocycles. The topological polar surface area (TPSA) is 78.5 Å². The van der Waals surface area contributed by atoms with Gasteiger partial charge in [-0.1, -0.05) is 17.3 Å². The van der Waals surface area contributed by atoms with E-state index in [0.29, 0.717) is 10.4 Å². The van der Waals surface area contributed by atoms with Crippen molar-refractivity contribution < 1.29 is 14.3 Å². The highest BCUT2D eigenvalue weighted by Gasteiger charge is 2.15. The van der Waals surface area contributed by atoms with Crippen molar-refractivity contribution in [2.45, 2.75) is 33.4 Å². The van der Waals surface area contributed by atoms with Gasteiger partial charge in [0.25, 0.3) is 5.91 Å². The number of nitrogens with zero attached hydrogens (tertiary/aromatic N) is 4. The Kier molecular flexibility index (Phi) is 5.47. The maximum absolute atomic E-state index is 12.7. The van der Waals surface area contributed by atoms with Crippen molar-refractivity contribution in [2.75, 3.05) is 7.11 Å². The zero-order chi connectivity index (χ0) is 20.4. The molecule has 0 fully saturated rings. The van der Waals surface area contributed by atoms with Crippen LogP contribution in [-0.2, 0) is 11.3 Å². The van der Waals surface area contributed by atoms with Crippen LogP contribution < -0.4 is 4.80 Å². The fourth-order valence-electron chi connectivity index (χ4n) is 2.91. The molecular formula is C20H20N4O3S. The standard InChI is InChI=1S/C20H20N4O3S/c1-6-9-23-16-8-7-14(19(26)27-5)11-17(16)28-20(23)21-18(25)15-10-13(4)24(22-15)12(2)3/h1,7-8,10-12H,9H2,2-5H3. The number of ether oxygens (including phenoxy) is 1. The third kappa shape index (κ3) is 3.62. The van der Waals surface area contributed by atoms with Crippen molar-refractivity contribution in [3.63, 3.8) is 0 Å². The highest BCUT2D eigenvalue weighted by atomic mass is 32.1. The van der Waals surface area contributed by atoms with Gasteiger partial charge in [-0.15, -0.1) is 6.42 Å². The summed E-state index contributed by atoms with van der Waals surface area (Å²) in [5.74, 6) is 1.71. The van der Waals surface area contributed by atoms with E-state index < -0.39 is 11.9 Å². The number of aromatic nitrogens is 3. The second kappa shape index (κ2) is 7.82. The first kappa shape index (κ1) is 19.6. The lowest BCUT2D eigenvalue weighted by Crippen LogP contribution is -2.17. The van der Waals surface area contributed by atoms with Crippen LogP contribution in [-0.4, -0.2) is 33.3 Å². The zero-order valence-electron chi connectivity index (χ0n) is 16.1. The van der Waals surface area contributed by atoms with Crippen molar-refractivity contribution in [1.29, 1.82) is 0 Å². The van der Waals surface area contributed by atoms with Crippen LogP contribution in [0.4, 0.5) is 0 Å². The predicted octanol–water partition coefficient (Wildman–Crippen LogP) is 2.95. The van der Waals surface area contributed by atoms with Crippen LogP contribution in [0.5, 0.6) is 0 Å². The Labute approximate surface area is 166 Å². The fraction of sp³-hybridized carbons (Fsp3) is 0.300. The smallest absolute Gasteiger partial charge is 0.337 e. The minimum atomic E-state index is -0.437. The molecule has 144 valence electrons. The molecule has 0 saturated carbocycles. The summed E-state index contributed by atoms with van der Waals surface area (Å²) in [6.45, 7) is 6.15. The Morgan fingerprint density at radius 3 is 2.71 bits per heavy atom. The number of carbonyl (C=O) groups excluding carboxylic acids is 2. The molecule has 0 radical (unpaired) electrons. The lowest BCUT2D eigenvalue weighted by Gasteiger charge is -2.06. The minimum Gasteiger partial charge on any atom is -0.465 e. The predicted molar refractivity (Wildman–Crippen MR) is 107 cm³/mol. The van der Waals surface area contributed by atoms with Crippen molar-refractivity contribution in [3.05, 3.63) is 46.0 Å². The molecule has 2 heterocycles. The van der Waals surface area contributed by atoms with Crippen LogP contribution in [0.3, 0.4) is 0 Å². The van der Waals surface area contributed by atoms with E-state index in [2.05, 4.69) is 16.0 Å². The van der Waals surface area contributed by atoms with Crippen LogP contribution >= 0.6 is 11.3 Å². The van der Waals surface area contributed by atoms with Crippen LogP contribution in [0.2, 0.25) is 0 Å². The van der Waals surface area contributed by atoms with E-state index in [1.165, 1.54) is 18.4 Å². The Morgan fingerprint density at radius 1 is 1.36 bits per heavy atom. The molecule has 0 bridgehead atoms. The summed E-state index contributed by atoms with van der Waals surface area (Å²) in [5, 5.41) is 4.35. The lowest BCUT2D eigenvalue weighted by atomic mass is 10.2. The average molecular weight is 396 g/mol. The molecule has 2 aromatic heterocycles. The monoisotopic (exact) mass is 396 g/mol. The Balaban J connectivity index is 2.11. The molecule has 0 N–H and O–H groups in total. The maximum atomic E-state index is 12.7. The van der Waals surface area contributed by atoms with Crippen LogP contribution in [0.25, 0.3) is 10.2 Å². The van der Waals surface area contributed by atoms with Gasteiger partial charge < -0.3 is 9.30 Å². The largest absolute Gasteiger partial charge is 0.465 e. The normalized spacial score (nSPS) is 11.8. The number of hydrogen-bond acceptors (Lipinski definition) is 5. The van der Waals surface area contributed by atoms with Crippen LogP contribution in [0, 0.1) is 19.3 Å². The van der Waals surface area contributed by atoms with E-state index in [0.717, 1.165) is 15.9 Å². The van der Waals surface area contributed by atoms with E-state index in [1.54, 1.807) is 33.5 Å². The van der Waals surface area contributed by atoms with Gasteiger partial charge in [0.05, 0.1) is 29.4 Å². The third-order valence-corrected chi connectivity index (χ3v) is 5.22. The fourth-order valence-corrected chi connectivity index (χ4v) is 3.97. The number of rotatable bonds is 4. The summed E-state index contributed by atoms with van der Waals surface area (Å²) in [4.78, 5) is 29.2. The van der Waals surface area contributed by atoms with Crippen molar-refractivity contribution in [3.8, 4) is 12.3 Å². The molecule has 8 heteroatoms. The van der Waals surface area contributed by atoms with Gasteiger partial charge in [0, 0.05) is 11.7 Å². The second-order valence-electron chi connectivity index (χ2n) is 6.48. The van der Waals surface area contributed by atoms with Crippen molar-refractivity contribution >= 4 is 33.4 Å². The minimum absolute atomic E-state index is 0.147. The number of thiazole rings is 1. The van der Waals surface area contributed by atoms with E-state index in [9.17, 15) is 9.59 Å². The summed E-state index contributed by atoms with van der Waals surface area (Å²) in [5.41, 5.74) is 2.40. The molecule has 0 aliphatic heterocycles. The van der Waals surface area contributed by atoms with Gasteiger partial charge in [-0.05, 0) is 45.0 Å². The van der Waals surface area contributed by atoms with Gasteiger partial charge in [-0.2, -0.15) is 10.1 Å². The number of aryl methyl sites for hydroxylation is 1. The summed E-state index contributed by atoms with van der Waals surface area (Å²) in [6, 6.07) is 7.01. The van der Waals surface area contributed by atoms with E-state index in [4.69, 9.17) is 11.2 Å². The molecule has 28 heavy (non-hydrogen) atoms. The van der Waals surface area contributed by atoms with Crippen LogP contribution in [0.1, 0.15) is 46.4 Å². The van der Waals surface area contributed by atoms with Crippen molar-refractivity contribution in [2.24, 2.45) is 4.99 Å². The number of fused-ring (bicyclic) bond motifs is 1.